The number of thiophene rings is 2. The fourth-order valence-electron chi connectivity index (χ4n) is 2.65. The first-order valence-electron chi connectivity index (χ1n) is 7.02. The second-order valence-electron chi connectivity index (χ2n) is 5.16. The second kappa shape index (κ2) is 5.71. The minimum Gasteiger partial charge on any atom is -0.419 e. The van der Waals surface area contributed by atoms with Crippen molar-refractivity contribution >= 4 is 22.7 Å². The Morgan fingerprint density at radius 3 is 3.10 bits per heavy atom. The first-order valence-corrected chi connectivity index (χ1v) is 8.78. The van der Waals surface area contributed by atoms with Crippen LogP contribution in [0.25, 0.3) is 10.8 Å². The average Bonchev–Trinajstić information content (AvgIpc) is 3.19. The van der Waals surface area contributed by atoms with Crippen LogP contribution in [0.5, 0.6) is 0 Å². The zero-order valence-corrected chi connectivity index (χ0v) is 13.1. The fraction of sp³-hybridized carbons (Fsp3) is 0.333. The molecule has 1 aliphatic rings. The van der Waals surface area contributed by atoms with E-state index in [-0.39, 0.29) is 0 Å². The number of fused-ring (bicyclic) bond motifs is 1. The van der Waals surface area contributed by atoms with Crippen LogP contribution in [0.2, 0.25) is 0 Å². The van der Waals surface area contributed by atoms with E-state index < -0.39 is 0 Å². The molecule has 0 radical (unpaired) electrons. The van der Waals surface area contributed by atoms with Crippen LogP contribution >= 0.6 is 22.7 Å². The van der Waals surface area contributed by atoms with Gasteiger partial charge in [-0.2, -0.15) is 0 Å². The third-order valence-electron chi connectivity index (χ3n) is 3.67. The van der Waals surface area contributed by atoms with Gasteiger partial charge in [-0.25, -0.2) is 0 Å². The topological polar surface area (TPSA) is 42.2 Å². The van der Waals surface area contributed by atoms with Gasteiger partial charge in [-0.1, -0.05) is 6.07 Å². The molecule has 0 amide bonds. The molecule has 0 N–H and O–H groups in total. The molecule has 21 heavy (non-hydrogen) atoms. The lowest BCUT2D eigenvalue weighted by molar-refractivity contribution is 0.235. The van der Waals surface area contributed by atoms with E-state index in [1.54, 1.807) is 11.3 Å². The van der Waals surface area contributed by atoms with Gasteiger partial charge >= 0.3 is 0 Å². The lowest BCUT2D eigenvalue weighted by Crippen LogP contribution is -2.22. The molecule has 0 saturated carbocycles. The molecule has 0 spiro atoms. The minimum atomic E-state index is 0.631. The highest BCUT2D eigenvalue weighted by Gasteiger charge is 2.18. The maximum atomic E-state index is 5.79. The third kappa shape index (κ3) is 2.79. The first kappa shape index (κ1) is 13.2. The molecule has 4 rings (SSSR count). The van der Waals surface area contributed by atoms with Crippen LogP contribution in [-0.2, 0) is 19.5 Å². The smallest absolute Gasteiger partial charge is 0.257 e. The van der Waals surface area contributed by atoms with Crippen LogP contribution in [0.3, 0.4) is 0 Å². The predicted molar refractivity (Wildman–Crippen MR) is 84.4 cm³/mol. The summed E-state index contributed by atoms with van der Waals surface area (Å²) in [6, 6.07) is 6.24. The fourth-order valence-corrected chi connectivity index (χ4v) is 4.24. The van der Waals surface area contributed by atoms with Crippen molar-refractivity contribution in [3.63, 3.8) is 0 Å². The number of hydrogen-bond acceptors (Lipinski definition) is 6. The van der Waals surface area contributed by atoms with Crippen LogP contribution in [0.4, 0.5) is 0 Å². The van der Waals surface area contributed by atoms with Crippen LogP contribution < -0.4 is 0 Å². The summed E-state index contributed by atoms with van der Waals surface area (Å²) < 4.78 is 5.79. The van der Waals surface area contributed by atoms with E-state index in [0.717, 1.165) is 24.5 Å². The van der Waals surface area contributed by atoms with Crippen molar-refractivity contribution in [2.45, 2.75) is 25.9 Å². The summed E-state index contributed by atoms with van der Waals surface area (Å²) >= 11 is 3.49. The number of nitrogens with zero attached hydrogens (tertiary/aromatic N) is 3. The van der Waals surface area contributed by atoms with Crippen LogP contribution in [0.1, 0.15) is 22.8 Å². The third-order valence-corrected chi connectivity index (χ3v) is 5.55. The van der Waals surface area contributed by atoms with Crippen molar-refractivity contribution in [1.29, 1.82) is 0 Å². The van der Waals surface area contributed by atoms with Gasteiger partial charge in [-0.15, -0.1) is 32.9 Å². The summed E-state index contributed by atoms with van der Waals surface area (Å²) in [5.74, 6) is 1.34. The van der Waals surface area contributed by atoms with Crippen LogP contribution in [-0.4, -0.2) is 21.6 Å². The number of aromatic nitrogens is 2. The number of rotatable bonds is 3. The summed E-state index contributed by atoms with van der Waals surface area (Å²) in [5.41, 5.74) is 1.45. The summed E-state index contributed by atoms with van der Waals surface area (Å²) in [7, 11) is 0. The zero-order chi connectivity index (χ0) is 14.1. The van der Waals surface area contributed by atoms with Gasteiger partial charge in [-0.05, 0) is 47.8 Å². The Kier molecular flexibility index (Phi) is 3.58. The summed E-state index contributed by atoms with van der Waals surface area (Å²) in [4.78, 5) is 4.96. The van der Waals surface area contributed by atoms with E-state index in [1.165, 1.54) is 23.3 Å². The van der Waals surface area contributed by atoms with Gasteiger partial charge in [0, 0.05) is 11.4 Å². The van der Waals surface area contributed by atoms with E-state index in [4.69, 9.17) is 4.42 Å². The van der Waals surface area contributed by atoms with Crippen LogP contribution in [0, 0.1) is 0 Å². The van der Waals surface area contributed by atoms with Gasteiger partial charge < -0.3 is 4.42 Å². The molecule has 0 aliphatic carbocycles. The summed E-state index contributed by atoms with van der Waals surface area (Å²) in [6.07, 6.45) is 2.38. The predicted octanol–water partition coefficient (Wildman–Crippen LogP) is 3.81. The highest BCUT2D eigenvalue weighted by atomic mass is 32.1. The highest BCUT2D eigenvalue weighted by molar-refractivity contribution is 7.13. The molecular formula is C15H15N3OS2. The normalized spacial score (nSPS) is 15.8. The number of aryl methyl sites for hydroxylation is 1. The Hall–Kier alpha value is -1.50. The van der Waals surface area contributed by atoms with Gasteiger partial charge in [-0.3, -0.25) is 4.90 Å². The second-order valence-corrected chi connectivity index (χ2v) is 7.11. The van der Waals surface area contributed by atoms with E-state index in [1.807, 2.05) is 28.8 Å². The highest BCUT2D eigenvalue weighted by Crippen LogP contribution is 2.26. The monoisotopic (exact) mass is 317 g/mol. The van der Waals surface area contributed by atoms with E-state index >= 15 is 0 Å². The molecule has 0 unspecified atom stereocenters. The molecule has 4 heterocycles. The van der Waals surface area contributed by atoms with Crippen molar-refractivity contribution in [2.24, 2.45) is 0 Å². The molecular weight excluding hydrogens is 302 g/mol. The van der Waals surface area contributed by atoms with Gasteiger partial charge in [0.05, 0.1) is 11.4 Å². The van der Waals surface area contributed by atoms with Crippen LogP contribution in [0.15, 0.2) is 33.4 Å². The lowest BCUT2D eigenvalue weighted by atomic mass is 10.2. The Morgan fingerprint density at radius 1 is 1.19 bits per heavy atom. The van der Waals surface area contributed by atoms with Crippen molar-refractivity contribution in [2.75, 3.05) is 6.54 Å². The summed E-state index contributed by atoms with van der Waals surface area (Å²) in [5, 5.41) is 12.6. The molecule has 0 bridgehead atoms. The van der Waals surface area contributed by atoms with E-state index in [9.17, 15) is 0 Å². The van der Waals surface area contributed by atoms with Gasteiger partial charge in [0.15, 0.2) is 0 Å². The molecule has 0 saturated heterocycles. The maximum absolute atomic E-state index is 5.79. The molecule has 0 atom stereocenters. The van der Waals surface area contributed by atoms with Crippen molar-refractivity contribution < 1.29 is 4.42 Å². The van der Waals surface area contributed by atoms with Crippen molar-refractivity contribution in [3.05, 3.63) is 45.3 Å². The summed E-state index contributed by atoms with van der Waals surface area (Å²) in [6.45, 7) is 2.79. The largest absolute Gasteiger partial charge is 0.419 e. The van der Waals surface area contributed by atoms with Crippen molar-refractivity contribution in [1.82, 2.24) is 15.1 Å². The lowest BCUT2D eigenvalue weighted by Gasteiger charge is -2.17. The molecule has 0 fully saturated rings. The Labute approximate surface area is 131 Å². The van der Waals surface area contributed by atoms with E-state index in [0.29, 0.717) is 11.8 Å². The maximum Gasteiger partial charge on any atom is 0.257 e. The SMILES string of the molecule is c1csc(-c2nnc(CN3CCCc4sccc4C3)o2)c1. The zero-order valence-electron chi connectivity index (χ0n) is 11.5. The average molecular weight is 317 g/mol. The van der Waals surface area contributed by atoms with Gasteiger partial charge in [0.1, 0.15) is 0 Å². The first-order chi connectivity index (χ1) is 10.4. The Bertz CT molecular complexity index is 717. The van der Waals surface area contributed by atoms with Crippen molar-refractivity contribution in [3.8, 4) is 10.8 Å². The molecule has 6 heteroatoms. The van der Waals surface area contributed by atoms with E-state index in [2.05, 4.69) is 26.5 Å². The van der Waals surface area contributed by atoms with Gasteiger partial charge in [0.25, 0.3) is 5.89 Å². The molecule has 108 valence electrons. The Morgan fingerprint density at radius 2 is 2.19 bits per heavy atom. The molecule has 3 aromatic rings. The minimum absolute atomic E-state index is 0.631. The number of hydrogen-bond donors (Lipinski definition) is 0. The molecule has 1 aliphatic heterocycles. The van der Waals surface area contributed by atoms with Gasteiger partial charge in [0.2, 0.25) is 5.89 Å². The quantitative estimate of drug-likeness (QED) is 0.737. The Balaban J connectivity index is 1.49. The molecule has 3 aromatic heterocycles. The molecule has 4 nitrogen and oxygen atoms in total. The standard InChI is InChI=1S/C15H15N3OS2/c1-3-12-11(5-8-21-12)9-18(6-1)10-14-16-17-15(19-14)13-4-2-7-20-13/h2,4-5,7-8H,1,3,6,9-10H2. The molecule has 0 aromatic carbocycles.